The van der Waals surface area contributed by atoms with E-state index in [0.717, 1.165) is 35.5 Å². The van der Waals surface area contributed by atoms with Gasteiger partial charge in [-0.1, -0.05) is 154 Å². The highest BCUT2D eigenvalue weighted by atomic mass is 16.5. The summed E-state index contributed by atoms with van der Waals surface area (Å²) in [6.45, 7) is 5.83. The number of rotatable bonds is 31. The molecule has 0 N–H and O–H groups in total. The number of ether oxygens (including phenoxy) is 5. The van der Waals surface area contributed by atoms with Gasteiger partial charge in [0.25, 0.3) is 0 Å². The van der Waals surface area contributed by atoms with Crippen LogP contribution in [0.15, 0.2) is 121 Å². The van der Waals surface area contributed by atoms with Gasteiger partial charge in [0, 0.05) is 0 Å². The van der Waals surface area contributed by atoms with E-state index in [4.69, 9.17) is 23.7 Å². The maximum Gasteiger partial charge on any atom is 0.343 e. The minimum absolute atomic E-state index is 0.290. The van der Waals surface area contributed by atoms with E-state index in [1.807, 2.05) is 18.2 Å². The Labute approximate surface area is 388 Å². The fourth-order valence-corrected chi connectivity index (χ4v) is 7.55. The number of hydrogen-bond donors (Lipinski definition) is 0. The zero-order valence-electron chi connectivity index (χ0n) is 38.9. The molecule has 8 nitrogen and oxygen atoms in total. The molecule has 0 saturated carbocycles. The first-order chi connectivity index (χ1) is 31.9. The third-order valence-corrected chi connectivity index (χ3v) is 11.5. The lowest BCUT2D eigenvalue weighted by molar-refractivity contribution is 0.0723. The predicted octanol–water partition coefficient (Wildman–Crippen LogP) is 15.6. The molecule has 0 fully saturated rings. The average molecular weight is 883 g/mol. The van der Waals surface area contributed by atoms with Gasteiger partial charge in [0.1, 0.15) is 28.7 Å². The Bertz CT molecular complexity index is 2110. The second-order valence-electron chi connectivity index (χ2n) is 16.9. The molecule has 8 heteroatoms. The minimum atomic E-state index is -0.543. The van der Waals surface area contributed by atoms with Gasteiger partial charge in [-0.15, -0.1) is 0 Å². The summed E-state index contributed by atoms with van der Waals surface area (Å²) in [7, 11) is 0. The number of hydrogen-bond acceptors (Lipinski definition) is 8. The van der Waals surface area contributed by atoms with Crippen molar-refractivity contribution in [2.75, 3.05) is 13.2 Å². The number of unbranched alkanes of at least 4 members (excludes halogenated alkanes) is 18. The van der Waals surface area contributed by atoms with Crippen molar-refractivity contribution in [1.29, 1.82) is 0 Å². The fourth-order valence-electron chi connectivity index (χ4n) is 7.55. The molecule has 5 aromatic carbocycles. The molecular weight excluding hydrogens is 813 g/mol. The van der Waals surface area contributed by atoms with Crippen LogP contribution in [0.3, 0.4) is 0 Å². The SMILES string of the molecule is CCCCCCCCCCCCOc1ccc(OC(=O)c2ccc(OC(=O)c3cccc(-c4ccc(OC(=O)c5ccc(OCCCCCCCCCCCC)cc5)cc4)c3)cc2)cc1. The fraction of sp³-hybridized carbons (Fsp3) is 0.421. The van der Waals surface area contributed by atoms with E-state index in [1.54, 1.807) is 103 Å². The van der Waals surface area contributed by atoms with Gasteiger partial charge in [-0.05, 0) is 121 Å². The predicted molar refractivity (Wildman–Crippen MR) is 261 cm³/mol. The van der Waals surface area contributed by atoms with E-state index in [-0.39, 0.29) is 0 Å². The summed E-state index contributed by atoms with van der Waals surface area (Å²) in [4.78, 5) is 38.9. The molecule has 0 unspecified atom stereocenters. The first-order valence-electron chi connectivity index (χ1n) is 24.3. The van der Waals surface area contributed by atoms with Gasteiger partial charge in [-0.25, -0.2) is 14.4 Å². The second-order valence-corrected chi connectivity index (χ2v) is 16.9. The third kappa shape index (κ3) is 19.0. The molecule has 0 heterocycles. The Balaban J connectivity index is 0.986. The van der Waals surface area contributed by atoms with Crippen LogP contribution >= 0.6 is 0 Å². The highest BCUT2D eigenvalue weighted by molar-refractivity contribution is 5.94. The monoisotopic (exact) mass is 883 g/mol. The van der Waals surface area contributed by atoms with Crippen LogP contribution in [-0.4, -0.2) is 31.1 Å². The number of benzene rings is 5. The normalized spacial score (nSPS) is 10.9. The molecule has 0 aromatic heterocycles. The van der Waals surface area contributed by atoms with Gasteiger partial charge in [-0.3, -0.25) is 0 Å². The molecule has 0 spiro atoms. The zero-order valence-corrected chi connectivity index (χ0v) is 38.9. The Kier molecular flexibility index (Phi) is 22.8. The largest absolute Gasteiger partial charge is 0.494 e. The maximum atomic E-state index is 13.1. The second kappa shape index (κ2) is 29.5. The molecule has 0 atom stereocenters. The molecule has 0 amide bonds. The summed E-state index contributed by atoms with van der Waals surface area (Å²) in [6.07, 6.45) is 25.6. The van der Waals surface area contributed by atoms with Crippen molar-refractivity contribution in [2.45, 2.75) is 142 Å². The smallest absolute Gasteiger partial charge is 0.343 e. The lowest BCUT2D eigenvalue weighted by Crippen LogP contribution is -2.10. The maximum absolute atomic E-state index is 13.1. The Hall–Kier alpha value is -5.89. The van der Waals surface area contributed by atoms with Crippen LogP contribution in [0.4, 0.5) is 0 Å². The van der Waals surface area contributed by atoms with Gasteiger partial charge in [0.05, 0.1) is 29.9 Å². The molecule has 5 aromatic rings. The van der Waals surface area contributed by atoms with Crippen LogP contribution < -0.4 is 23.7 Å². The van der Waals surface area contributed by atoms with Crippen molar-refractivity contribution in [2.24, 2.45) is 0 Å². The Morgan fingerprint density at radius 1 is 0.323 bits per heavy atom. The van der Waals surface area contributed by atoms with Crippen molar-refractivity contribution in [1.82, 2.24) is 0 Å². The molecule has 0 bridgehead atoms. The third-order valence-electron chi connectivity index (χ3n) is 11.5. The van der Waals surface area contributed by atoms with Crippen molar-refractivity contribution in [3.8, 4) is 39.9 Å². The van der Waals surface area contributed by atoms with Crippen molar-refractivity contribution in [3.05, 3.63) is 138 Å². The molecule has 0 aliphatic carbocycles. The first kappa shape index (κ1) is 50.1. The summed E-state index contributed by atoms with van der Waals surface area (Å²) in [5, 5.41) is 0. The van der Waals surface area contributed by atoms with E-state index in [0.29, 0.717) is 47.2 Å². The van der Waals surface area contributed by atoms with Crippen LogP contribution in [0, 0.1) is 0 Å². The Morgan fingerprint density at radius 2 is 0.646 bits per heavy atom. The molecule has 5 rings (SSSR count). The number of carbonyl (C=O) groups is 3. The average Bonchev–Trinajstić information content (AvgIpc) is 3.33. The summed E-state index contributed by atoms with van der Waals surface area (Å²) in [6, 6.07) is 34.5. The van der Waals surface area contributed by atoms with Crippen LogP contribution in [-0.2, 0) is 0 Å². The summed E-state index contributed by atoms with van der Waals surface area (Å²) in [5.41, 5.74) is 2.73. The molecule has 0 aliphatic rings. The lowest BCUT2D eigenvalue weighted by Gasteiger charge is -2.09. The van der Waals surface area contributed by atoms with Crippen LogP contribution in [0.5, 0.6) is 28.7 Å². The van der Waals surface area contributed by atoms with Gasteiger partial charge in [0.2, 0.25) is 0 Å². The van der Waals surface area contributed by atoms with Crippen LogP contribution in [0.2, 0.25) is 0 Å². The van der Waals surface area contributed by atoms with Gasteiger partial charge >= 0.3 is 17.9 Å². The van der Waals surface area contributed by atoms with Crippen molar-refractivity contribution in [3.63, 3.8) is 0 Å². The van der Waals surface area contributed by atoms with Crippen LogP contribution in [0.1, 0.15) is 173 Å². The molecule has 65 heavy (non-hydrogen) atoms. The number of esters is 3. The lowest BCUT2D eigenvalue weighted by atomic mass is 10.0. The quantitative estimate of drug-likeness (QED) is 0.0247. The molecule has 0 aliphatic heterocycles. The zero-order chi connectivity index (χ0) is 45.7. The van der Waals surface area contributed by atoms with Gasteiger partial charge < -0.3 is 23.7 Å². The highest BCUT2D eigenvalue weighted by Gasteiger charge is 2.14. The summed E-state index contributed by atoms with van der Waals surface area (Å²) in [5.74, 6) is 1.06. The standard InChI is InChI=1S/C57H70O8/c1-3-5-7-9-11-13-15-17-19-21-42-61-50-32-28-46(29-33-50)55(58)63-52-34-26-45(27-35-52)48-24-23-25-49(44-48)57(60)65-53-36-30-47(31-37-53)56(59)64-54-40-38-51(39-41-54)62-43-22-20-18-16-14-12-10-8-6-4-2/h23-41,44H,3-22,42-43H2,1-2H3. The number of carbonyl (C=O) groups excluding carboxylic acids is 3. The molecule has 0 radical (unpaired) electrons. The van der Waals surface area contributed by atoms with E-state index in [9.17, 15) is 14.4 Å². The minimum Gasteiger partial charge on any atom is -0.494 e. The Morgan fingerprint density at radius 3 is 1.06 bits per heavy atom. The van der Waals surface area contributed by atoms with Crippen molar-refractivity contribution < 1.29 is 38.1 Å². The first-order valence-corrected chi connectivity index (χ1v) is 24.3. The van der Waals surface area contributed by atoms with Crippen LogP contribution in [0.25, 0.3) is 11.1 Å². The van der Waals surface area contributed by atoms with E-state index < -0.39 is 17.9 Å². The van der Waals surface area contributed by atoms with Gasteiger partial charge in [0.15, 0.2) is 0 Å². The summed E-state index contributed by atoms with van der Waals surface area (Å²) < 4.78 is 28.6. The molecular formula is C57H70O8. The van der Waals surface area contributed by atoms with E-state index in [2.05, 4.69) is 13.8 Å². The summed E-state index contributed by atoms with van der Waals surface area (Å²) >= 11 is 0. The van der Waals surface area contributed by atoms with Crippen molar-refractivity contribution >= 4 is 17.9 Å². The molecule has 0 saturated heterocycles. The molecule has 346 valence electrons. The highest BCUT2D eigenvalue weighted by Crippen LogP contribution is 2.26. The van der Waals surface area contributed by atoms with E-state index >= 15 is 0 Å². The van der Waals surface area contributed by atoms with Gasteiger partial charge in [-0.2, -0.15) is 0 Å². The van der Waals surface area contributed by atoms with E-state index in [1.165, 1.54) is 116 Å². The topological polar surface area (TPSA) is 97.4 Å².